The molecule has 138 valence electrons. The molecule has 0 saturated carbocycles. The summed E-state index contributed by atoms with van der Waals surface area (Å²) >= 11 is 0. The minimum atomic E-state index is -0.0709. The topological polar surface area (TPSA) is 61.6 Å². The predicted molar refractivity (Wildman–Crippen MR) is 107 cm³/mol. The van der Waals surface area contributed by atoms with Crippen LogP contribution in [0, 0.1) is 0 Å². The number of nitrogens with two attached hydrogens (primary N) is 1. The van der Waals surface area contributed by atoms with E-state index in [2.05, 4.69) is 6.92 Å². The van der Waals surface area contributed by atoms with Gasteiger partial charge in [0.2, 0.25) is 0 Å². The molecule has 0 fully saturated rings. The lowest BCUT2D eigenvalue weighted by Gasteiger charge is -2.15. The molecule has 0 bridgehead atoms. The lowest BCUT2D eigenvalue weighted by Crippen LogP contribution is -2.01. The molecule has 0 saturated heterocycles. The normalized spacial score (nSPS) is 10.9. The highest BCUT2D eigenvalue weighted by atomic mass is 16.5. The van der Waals surface area contributed by atoms with Crippen molar-refractivity contribution in [2.75, 3.05) is 18.9 Å². The molecule has 0 aliphatic carbocycles. The number of nitrogen functional groups attached to an aromatic ring is 1. The molecule has 26 heavy (non-hydrogen) atoms. The van der Waals surface area contributed by atoms with Crippen LogP contribution < -0.4 is 15.2 Å². The minimum Gasteiger partial charge on any atom is -0.493 e. The SMILES string of the molecule is CCCc1cc(/C=C/C(=O)c2ccc(N)cc2)c(OCC)cc1OCC. The van der Waals surface area contributed by atoms with Gasteiger partial charge in [0.1, 0.15) is 11.5 Å². The van der Waals surface area contributed by atoms with Crippen molar-refractivity contribution in [2.24, 2.45) is 0 Å². The first-order valence-electron chi connectivity index (χ1n) is 9.09. The Labute approximate surface area is 155 Å². The summed E-state index contributed by atoms with van der Waals surface area (Å²) in [5.74, 6) is 1.50. The molecule has 2 aromatic rings. The molecule has 0 amide bonds. The largest absolute Gasteiger partial charge is 0.493 e. The summed E-state index contributed by atoms with van der Waals surface area (Å²) in [6.07, 6.45) is 5.30. The average molecular weight is 353 g/mol. The first kappa shape index (κ1) is 19.6. The number of carbonyl (C=O) groups is 1. The highest BCUT2D eigenvalue weighted by molar-refractivity contribution is 6.07. The van der Waals surface area contributed by atoms with Crippen LogP contribution in [0.3, 0.4) is 0 Å². The molecule has 0 aromatic heterocycles. The van der Waals surface area contributed by atoms with Crippen LogP contribution in [-0.4, -0.2) is 19.0 Å². The van der Waals surface area contributed by atoms with E-state index in [-0.39, 0.29) is 5.78 Å². The summed E-state index contributed by atoms with van der Waals surface area (Å²) < 4.78 is 11.5. The van der Waals surface area contributed by atoms with Crippen molar-refractivity contribution in [2.45, 2.75) is 33.6 Å². The van der Waals surface area contributed by atoms with Gasteiger partial charge in [-0.25, -0.2) is 0 Å². The lowest BCUT2D eigenvalue weighted by atomic mass is 10.0. The third kappa shape index (κ3) is 5.12. The van der Waals surface area contributed by atoms with E-state index in [1.165, 1.54) is 0 Å². The van der Waals surface area contributed by atoms with Crippen LogP contribution in [0.15, 0.2) is 42.5 Å². The Bertz CT molecular complexity index is 764. The van der Waals surface area contributed by atoms with Gasteiger partial charge in [0.15, 0.2) is 5.78 Å². The number of rotatable bonds is 9. The van der Waals surface area contributed by atoms with E-state index in [1.54, 1.807) is 36.4 Å². The second-order valence-corrected chi connectivity index (χ2v) is 5.93. The van der Waals surface area contributed by atoms with Crippen molar-refractivity contribution in [1.82, 2.24) is 0 Å². The van der Waals surface area contributed by atoms with Gasteiger partial charge in [0.25, 0.3) is 0 Å². The Morgan fingerprint density at radius 1 is 1.00 bits per heavy atom. The van der Waals surface area contributed by atoms with E-state index in [0.29, 0.717) is 24.5 Å². The maximum atomic E-state index is 12.4. The molecular formula is C22H27NO3. The molecule has 2 aromatic carbocycles. The number of hydrogen-bond donors (Lipinski definition) is 1. The monoisotopic (exact) mass is 353 g/mol. The summed E-state index contributed by atoms with van der Waals surface area (Å²) in [7, 11) is 0. The fourth-order valence-electron chi connectivity index (χ4n) is 2.70. The average Bonchev–Trinajstić information content (AvgIpc) is 2.63. The number of ether oxygens (including phenoxy) is 2. The first-order valence-corrected chi connectivity index (χ1v) is 9.09. The molecule has 0 aliphatic heterocycles. The lowest BCUT2D eigenvalue weighted by molar-refractivity contribution is 0.104. The Balaban J connectivity index is 2.34. The van der Waals surface area contributed by atoms with Crippen molar-refractivity contribution in [3.05, 3.63) is 59.2 Å². The fraction of sp³-hybridized carbons (Fsp3) is 0.318. The van der Waals surface area contributed by atoms with Crippen LogP contribution in [0.2, 0.25) is 0 Å². The number of allylic oxidation sites excluding steroid dienone is 1. The number of aryl methyl sites for hydroxylation is 1. The van der Waals surface area contributed by atoms with Gasteiger partial charge in [-0.2, -0.15) is 0 Å². The number of anilines is 1. The third-order valence-electron chi connectivity index (χ3n) is 3.92. The van der Waals surface area contributed by atoms with E-state index in [0.717, 1.165) is 35.5 Å². The highest BCUT2D eigenvalue weighted by Crippen LogP contribution is 2.31. The maximum absolute atomic E-state index is 12.4. The van der Waals surface area contributed by atoms with Gasteiger partial charge < -0.3 is 15.2 Å². The van der Waals surface area contributed by atoms with E-state index in [4.69, 9.17) is 15.2 Å². The quantitative estimate of drug-likeness (QED) is 0.395. The van der Waals surface area contributed by atoms with Crippen LogP contribution >= 0.6 is 0 Å². The second kappa shape index (κ2) is 9.66. The molecule has 4 nitrogen and oxygen atoms in total. The Kier molecular flexibility index (Phi) is 7.27. The van der Waals surface area contributed by atoms with Crippen LogP contribution in [-0.2, 0) is 6.42 Å². The van der Waals surface area contributed by atoms with Crippen molar-refractivity contribution >= 4 is 17.5 Å². The summed E-state index contributed by atoms with van der Waals surface area (Å²) in [6, 6.07) is 10.9. The summed E-state index contributed by atoms with van der Waals surface area (Å²) in [5, 5.41) is 0. The second-order valence-electron chi connectivity index (χ2n) is 5.93. The highest BCUT2D eigenvalue weighted by Gasteiger charge is 2.11. The van der Waals surface area contributed by atoms with Crippen molar-refractivity contribution < 1.29 is 14.3 Å². The van der Waals surface area contributed by atoms with Crippen molar-refractivity contribution in [3.63, 3.8) is 0 Å². The molecule has 0 atom stereocenters. The number of carbonyl (C=O) groups excluding carboxylic acids is 1. The molecule has 0 heterocycles. The Hall–Kier alpha value is -2.75. The summed E-state index contributed by atoms with van der Waals surface area (Å²) in [5.41, 5.74) is 8.91. The molecule has 4 heteroatoms. The number of hydrogen-bond acceptors (Lipinski definition) is 4. The van der Waals surface area contributed by atoms with Gasteiger partial charge in [-0.3, -0.25) is 4.79 Å². The molecule has 0 radical (unpaired) electrons. The molecule has 2 rings (SSSR count). The standard InChI is InChI=1S/C22H27NO3/c1-4-7-17-14-18(22(26-6-3)15-21(17)25-5-2)10-13-20(24)16-8-11-19(23)12-9-16/h8-15H,4-7,23H2,1-3H3/b13-10+. The zero-order valence-electron chi connectivity index (χ0n) is 15.7. The zero-order valence-corrected chi connectivity index (χ0v) is 15.7. The zero-order chi connectivity index (χ0) is 18.9. The van der Waals surface area contributed by atoms with Crippen LogP contribution in [0.4, 0.5) is 5.69 Å². The van der Waals surface area contributed by atoms with Gasteiger partial charge in [-0.1, -0.05) is 13.3 Å². The Morgan fingerprint density at radius 3 is 2.27 bits per heavy atom. The van der Waals surface area contributed by atoms with E-state index < -0.39 is 0 Å². The first-order chi connectivity index (χ1) is 12.6. The van der Waals surface area contributed by atoms with Gasteiger partial charge in [0, 0.05) is 22.9 Å². The minimum absolute atomic E-state index is 0.0709. The van der Waals surface area contributed by atoms with Gasteiger partial charge in [0.05, 0.1) is 13.2 Å². The van der Waals surface area contributed by atoms with Crippen molar-refractivity contribution in [1.29, 1.82) is 0 Å². The summed E-state index contributed by atoms with van der Waals surface area (Å²) in [6.45, 7) is 7.19. The van der Waals surface area contributed by atoms with E-state index >= 15 is 0 Å². The Morgan fingerprint density at radius 2 is 1.65 bits per heavy atom. The molecular weight excluding hydrogens is 326 g/mol. The van der Waals surface area contributed by atoms with Crippen LogP contribution in [0.1, 0.15) is 48.7 Å². The molecule has 0 spiro atoms. The molecule has 0 aliphatic rings. The van der Waals surface area contributed by atoms with Gasteiger partial charge >= 0.3 is 0 Å². The maximum Gasteiger partial charge on any atom is 0.185 e. The third-order valence-corrected chi connectivity index (χ3v) is 3.92. The predicted octanol–water partition coefficient (Wildman–Crippen LogP) is 4.91. The van der Waals surface area contributed by atoms with Crippen molar-refractivity contribution in [3.8, 4) is 11.5 Å². The smallest absolute Gasteiger partial charge is 0.185 e. The van der Waals surface area contributed by atoms with E-state index in [1.807, 2.05) is 26.0 Å². The fourth-order valence-corrected chi connectivity index (χ4v) is 2.70. The summed E-state index contributed by atoms with van der Waals surface area (Å²) in [4.78, 5) is 12.4. The molecule has 2 N–H and O–H groups in total. The van der Waals surface area contributed by atoms with Gasteiger partial charge in [-0.15, -0.1) is 0 Å². The van der Waals surface area contributed by atoms with E-state index in [9.17, 15) is 4.79 Å². The number of benzene rings is 2. The van der Waals surface area contributed by atoms with Gasteiger partial charge in [-0.05, 0) is 68.3 Å². The number of ketones is 1. The molecule has 0 unspecified atom stereocenters. The van der Waals surface area contributed by atoms with Crippen LogP contribution in [0.25, 0.3) is 6.08 Å². The van der Waals surface area contributed by atoms with Crippen LogP contribution in [0.5, 0.6) is 11.5 Å².